The van der Waals surface area contributed by atoms with Crippen LogP contribution < -0.4 is 15.5 Å². The van der Waals surface area contributed by atoms with Crippen molar-refractivity contribution in [2.75, 3.05) is 35.2 Å². The molecule has 0 aliphatic carbocycles. The molecule has 2 N–H and O–H groups in total. The van der Waals surface area contributed by atoms with Gasteiger partial charge in [0.05, 0.1) is 13.0 Å². The van der Waals surface area contributed by atoms with E-state index in [0.717, 1.165) is 30.2 Å². The highest BCUT2D eigenvalue weighted by Gasteiger charge is 2.20. The van der Waals surface area contributed by atoms with Gasteiger partial charge in [0.1, 0.15) is 0 Å². The summed E-state index contributed by atoms with van der Waals surface area (Å²) in [6.45, 7) is 6.32. The molecular weight excluding hydrogens is 378 g/mol. The Bertz CT molecular complexity index is 808. The van der Waals surface area contributed by atoms with E-state index in [1.807, 2.05) is 0 Å². The Balaban J connectivity index is 1.51. The van der Waals surface area contributed by atoms with Crippen molar-refractivity contribution in [1.29, 1.82) is 0 Å². The third kappa shape index (κ3) is 5.66. The number of urea groups is 1. The number of amides is 2. The number of esters is 1. The predicted molar refractivity (Wildman–Crippen MR) is 110 cm³/mol. The second kappa shape index (κ2) is 9.50. The molecule has 2 amide bonds. The van der Waals surface area contributed by atoms with E-state index in [1.165, 1.54) is 17.8 Å². The zero-order valence-corrected chi connectivity index (χ0v) is 16.9. The molecule has 2 heterocycles. The molecule has 0 saturated carbocycles. The van der Waals surface area contributed by atoms with Crippen LogP contribution in [-0.4, -0.2) is 41.9 Å². The van der Waals surface area contributed by atoms with Gasteiger partial charge in [-0.25, -0.2) is 4.79 Å². The molecule has 150 valence electrons. The smallest absolute Gasteiger partial charge is 0.325 e. The second-order valence-electron chi connectivity index (χ2n) is 6.84. The minimum Gasteiger partial charge on any atom is -0.466 e. The van der Waals surface area contributed by atoms with E-state index >= 15 is 0 Å². The lowest BCUT2D eigenvalue weighted by Gasteiger charge is -2.29. The average Bonchev–Trinajstić information content (AvgIpc) is 3.12. The number of ether oxygens (including phenoxy) is 1. The average molecular weight is 404 g/mol. The van der Waals surface area contributed by atoms with Crippen molar-refractivity contribution in [1.82, 2.24) is 10.2 Å². The first-order valence-corrected chi connectivity index (χ1v) is 10.3. The fourth-order valence-electron chi connectivity index (χ4n) is 3.10. The van der Waals surface area contributed by atoms with Crippen LogP contribution in [0.2, 0.25) is 0 Å². The first kappa shape index (κ1) is 20.1. The Kier molecular flexibility index (Phi) is 6.80. The van der Waals surface area contributed by atoms with Crippen LogP contribution in [0.25, 0.3) is 0 Å². The van der Waals surface area contributed by atoms with Gasteiger partial charge in [0.15, 0.2) is 0 Å². The van der Waals surface area contributed by atoms with Crippen molar-refractivity contribution in [3.63, 3.8) is 0 Å². The first-order chi connectivity index (χ1) is 13.5. The Labute approximate surface area is 168 Å². The largest absolute Gasteiger partial charge is 0.466 e. The Morgan fingerprint density at radius 2 is 2.04 bits per heavy atom. The topological polar surface area (TPSA) is 96.4 Å². The monoisotopic (exact) mass is 403 g/mol. The maximum Gasteiger partial charge on any atom is 0.325 e. The van der Waals surface area contributed by atoms with Gasteiger partial charge in [0.2, 0.25) is 10.3 Å². The van der Waals surface area contributed by atoms with E-state index in [4.69, 9.17) is 4.74 Å². The van der Waals surface area contributed by atoms with Gasteiger partial charge >= 0.3 is 12.0 Å². The molecule has 9 heteroatoms. The molecule has 1 atom stereocenters. The van der Waals surface area contributed by atoms with Gasteiger partial charge in [-0.15, -0.1) is 10.2 Å². The summed E-state index contributed by atoms with van der Waals surface area (Å²) in [7, 11) is 0. The number of carbonyl (C=O) groups excluding carboxylic acids is 2. The molecule has 3 rings (SSSR count). The molecule has 0 spiro atoms. The highest BCUT2D eigenvalue weighted by molar-refractivity contribution is 7.19. The summed E-state index contributed by atoms with van der Waals surface area (Å²) >= 11 is 1.37. The summed E-state index contributed by atoms with van der Waals surface area (Å²) in [4.78, 5) is 25.9. The number of piperidine rings is 1. The molecule has 1 aliphatic rings. The summed E-state index contributed by atoms with van der Waals surface area (Å²) in [6.07, 6.45) is 2.60. The van der Waals surface area contributed by atoms with Gasteiger partial charge in [-0.05, 0) is 43.4 Å². The van der Waals surface area contributed by atoms with E-state index in [1.54, 1.807) is 31.2 Å². The maximum atomic E-state index is 12.2. The molecule has 8 nitrogen and oxygen atoms in total. The molecular formula is C19H25N5O3S. The number of benzene rings is 1. The number of rotatable bonds is 6. The molecule has 1 aromatic carbocycles. The molecule has 1 aromatic heterocycles. The van der Waals surface area contributed by atoms with Gasteiger partial charge in [0.25, 0.3) is 0 Å². The molecule has 28 heavy (non-hydrogen) atoms. The Morgan fingerprint density at radius 3 is 2.75 bits per heavy atom. The lowest BCUT2D eigenvalue weighted by Crippen LogP contribution is -2.34. The van der Waals surface area contributed by atoms with Crippen molar-refractivity contribution in [2.45, 2.75) is 33.1 Å². The minimum atomic E-state index is -0.382. The molecule has 1 fully saturated rings. The first-order valence-electron chi connectivity index (χ1n) is 9.44. The minimum absolute atomic E-state index is 0.211. The van der Waals surface area contributed by atoms with E-state index in [2.05, 4.69) is 32.7 Å². The number of aromatic nitrogens is 2. The summed E-state index contributed by atoms with van der Waals surface area (Å²) < 4.78 is 4.92. The van der Waals surface area contributed by atoms with Crippen LogP contribution in [0, 0.1) is 5.92 Å². The van der Waals surface area contributed by atoms with Gasteiger partial charge in [-0.3, -0.25) is 10.1 Å². The van der Waals surface area contributed by atoms with E-state index < -0.39 is 0 Å². The van der Waals surface area contributed by atoms with Crippen LogP contribution in [0.5, 0.6) is 0 Å². The van der Waals surface area contributed by atoms with Gasteiger partial charge in [-0.2, -0.15) is 0 Å². The van der Waals surface area contributed by atoms with Crippen LogP contribution >= 0.6 is 11.3 Å². The number of nitrogens with zero attached hydrogens (tertiary/aromatic N) is 3. The van der Waals surface area contributed by atoms with E-state index in [0.29, 0.717) is 23.3 Å². The standard InChI is InChI=1S/C19H25N5O3S/c1-3-27-16(25)11-14-6-8-15(9-7-14)20-17(26)21-18-22-23-19(28-18)24-10-4-5-13(2)12-24/h6-9,13H,3-5,10-12H2,1-2H3,(H2,20,21,22,26). The second-order valence-corrected chi connectivity index (χ2v) is 7.80. The SMILES string of the molecule is CCOC(=O)Cc1ccc(NC(=O)Nc2nnc(N3CCCC(C)C3)s2)cc1. The molecule has 1 aliphatic heterocycles. The zero-order chi connectivity index (χ0) is 19.9. The van der Waals surface area contributed by atoms with Gasteiger partial charge in [0, 0.05) is 18.8 Å². The van der Waals surface area contributed by atoms with Crippen molar-refractivity contribution < 1.29 is 14.3 Å². The molecule has 2 aromatic rings. The maximum absolute atomic E-state index is 12.2. The normalized spacial score (nSPS) is 16.5. The number of hydrogen-bond donors (Lipinski definition) is 2. The van der Waals surface area contributed by atoms with Gasteiger partial charge < -0.3 is 15.0 Å². The lowest BCUT2D eigenvalue weighted by molar-refractivity contribution is -0.142. The molecule has 1 saturated heterocycles. The van der Waals surface area contributed by atoms with Crippen molar-refractivity contribution >= 4 is 39.3 Å². The van der Waals surface area contributed by atoms with E-state index in [-0.39, 0.29) is 18.4 Å². The quantitative estimate of drug-likeness (QED) is 0.717. The molecule has 0 radical (unpaired) electrons. The fourth-order valence-corrected chi connectivity index (χ4v) is 3.88. The third-order valence-corrected chi connectivity index (χ3v) is 5.33. The number of hydrogen-bond acceptors (Lipinski definition) is 7. The van der Waals surface area contributed by atoms with Crippen LogP contribution in [0.4, 0.5) is 20.7 Å². The Hall–Kier alpha value is -2.68. The number of anilines is 3. The molecule has 0 bridgehead atoms. The fraction of sp³-hybridized carbons (Fsp3) is 0.474. The third-order valence-electron chi connectivity index (χ3n) is 4.43. The Morgan fingerprint density at radius 1 is 1.25 bits per heavy atom. The zero-order valence-electron chi connectivity index (χ0n) is 16.1. The highest BCUT2D eigenvalue weighted by Crippen LogP contribution is 2.28. The van der Waals surface area contributed by atoms with Crippen LogP contribution in [-0.2, 0) is 16.0 Å². The van der Waals surface area contributed by atoms with Crippen LogP contribution in [0.3, 0.4) is 0 Å². The summed E-state index contributed by atoms with van der Waals surface area (Å²) in [5.41, 5.74) is 1.45. The summed E-state index contributed by atoms with van der Waals surface area (Å²) in [5.74, 6) is 0.375. The summed E-state index contributed by atoms with van der Waals surface area (Å²) in [6, 6.07) is 6.68. The highest BCUT2D eigenvalue weighted by atomic mass is 32.1. The molecule has 1 unspecified atom stereocenters. The van der Waals surface area contributed by atoms with E-state index in [9.17, 15) is 9.59 Å². The van der Waals surface area contributed by atoms with Crippen LogP contribution in [0.15, 0.2) is 24.3 Å². The van der Waals surface area contributed by atoms with Crippen molar-refractivity contribution in [3.05, 3.63) is 29.8 Å². The predicted octanol–water partition coefficient (Wildman–Crippen LogP) is 3.52. The number of nitrogens with one attached hydrogen (secondary N) is 2. The van der Waals surface area contributed by atoms with Gasteiger partial charge in [-0.1, -0.05) is 30.4 Å². The van der Waals surface area contributed by atoms with Crippen molar-refractivity contribution in [3.8, 4) is 0 Å². The summed E-state index contributed by atoms with van der Waals surface area (Å²) in [5, 5.41) is 15.0. The lowest BCUT2D eigenvalue weighted by atomic mass is 10.0. The van der Waals surface area contributed by atoms with Crippen molar-refractivity contribution in [2.24, 2.45) is 5.92 Å². The van der Waals surface area contributed by atoms with Crippen LogP contribution in [0.1, 0.15) is 32.3 Å². The number of carbonyl (C=O) groups is 2.